The molecular formula is C8H13NO2. The third-order valence-electron chi connectivity index (χ3n) is 1.81. The summed E-state index contributed by atoms with van der Waals surface area (Å²) in [7, 11) is 0. The molecule has 0 amide bonds. The Morgan fingerprint density at radius 1 is 1.73 bits per heavy atom. The van der Waals surface area contributed by atoms with Gasteiger partial charge in [0, 0.05) is 24.6 Å². The van der Waals surface area contributed by atoms with E-state index in [4.69, 9.17) is 4.74 Å². The molecule has 1 N–H and O–H groups in total. The van der Waals surface area contributed by atoms with E-state index in [1.165, 1.54) is 0 Å². The Morgan fingerprint density at radius 2 is 2.36 bits per heavy atom. The van der Waals surface area contributed by atoms with E-state index < -0.39 is 0 Å². The van der Waals surface area contributed by atoms with Crippen molar-refractivity contribution in [3.8, 4) is 0 Å². The second-order valence-corrected chi connectivity index (χ2v) is 2.60. The summed E-state index contributed by atoms with van der Waals surface area (Å²) in [6.45, 7) is 7.62. The van der Waals surface area contributed by atoms with Gasteiger partial charge in [-0.15, -0.1) is 0 Å². The van der Waals surface area contributed by atoms with Crippen molar-refractivity contribution >= 4 is 5.97 Å². The van der Waals surface area contributed by atoms with Gasteiger partial charge in [-0.3, -0.25) is 0 Å². The van der Waals surface area contributed by atoms with Crippen molar-refractivity contribution in [3.63, 3.8) is 0 Å². The Morgan fingerprint density at radius 3 is 2.73 bits per heavy atom. The van der Waals surface area contributed by atoms with E-state index in [0.29, 0.717) is 18.1 Å². The van der Waals surface area contributed by atoms with Gasteiger partial charge in [-0.1, -0.05) is 6.58 Å². The van der Waals surface area contributed by atoms with Crippen LogP contribution in [0.25, 0.3) is 0 Å². The monoisotopic (exact) mass is 155 g/mol. The number of carbonyl (C=O) groups excluding carboxylic acids is 1. The number of nitrogens with one attached hydrogen (secondary N) is 1. The first-order valence-electron chi connectivity index (χ1n) is 3.82. The summed E-state index contributed by atoms with van der Waals surface area (Å²) in [5, 5.41) is 3.07. The van der Waals surface area contributed by atoms with Crippen molar-refractivity contribution in [2.75, 3.05) is 19.7 Å². The van der Waals surface area contributed by atoms with Gasteiger partial charge in [0.15, 0.2) is 0 Å². The number of carbonyl (C=O) groups is 1. The van der Waals surface area contributed by atoms with Crippen molar-refractivity contribution in [1.82, 2.24) is 5.32 Å². The number of rotatable bonds is 3. The molecule has 3 nitrogen and oxygen atoms in total. The molecule has 1 heterocycles. The minimum Gasteiger partial charge on any atom is -0.463 e. The fourth-order valence-electron chi connectivity index (χ4n) is 0.926. The smallest absolute Gasteiger partial charge is 0.333 e. The Hall–Kier alpha value is -0.830. The quantitative estimate of drug-likeness (QED) is 0.471. The topological polar surface area (TPSA) is 38.3 Å². The molecule has 0 saturated carbocycles. The summed E-state index contributed by atoms with van der Waals surface area (Å²) in [6, 6.07) is 0. The first kappa shape index (κ1) is 8.27. The van der Waals surface area contributed by atoms with Crippen LogP contribution in [0.3, 0.4) is 0 Å². The molecule has 1 saturated heterocycles. The summed E-state index contributed by atoms with van der Waals surface area (Å²) in [5.41, 5.74) is 0.602. The lowest BCUT2D eigenvalue weighted by atomic mass is 9.95. The van der Waals surface area contributed by atoms with E-state index in [-0.39, 0.29) is 5.97 Å². The molecule has 0 aromatic rings. The molecule has 1 rings (SSSR count). The van der Waals surface area contributed by atoms with Crippen LogP contribution in [0.5, 0.6) is 0 Å². The van der Waals surface area contributed by atoms with E-state index >= 15 is 0 Å². The van der Waals surface area contributed by atoms with Gasteiger partial charge in [0.25, 0.3) is 0 Å². The van der Waals surface area contributed by atoms with E-state index in [9.17, 15) is 4.79 Å². The average Bonchev–Trinajstić information content (AvgIpc) is 1.84. The molecule has 0 spiro atoms. The maximum absolute atomic E-state index is 11.0. The number of hydrogen-bond acceptors (Lipinski definition) is 3. The summed E-state index contributed by atoms with van der Waals surface area (Å²) in [4.78, 5) is 11.0. The molecule has 0 unspecified atom stereocenters. The second kappa shape index (κ2) is 3.53. The highest BCUT2D eigenvalue weighted by Gasteiger charge is 2.24. The molecule has 3 heteroatoms. The van der Waals surface area contributed by atoms with Gasteiger partial charge in [0.05, 0.1) is 6.61 Å². The zero-order chi connectivity index (χ0) is 8.27. The van der Waals surface area contributed by atoms with Crippen molar-refractivity contribution in [1.29, 1.82) is 0 Å². The standard InChI is InChI=1S/C8H13NO2/c1-3-11-8(10)6(2)7-4-9-5-7/h7,9H,2-5H2,1H3. The van der Waals surface area contributed by atoms with Crippen LogP contribution in [0, 0.1) is 5.92 Å². The van der Waals surface area contributed by atoms with Gasteiger partial charge in [-0.2, -0.15) is 0 Å². The molecule has 11 heavy (non-hydrogen) atoms. The van der Waals surface area contributed by atoms with Crippen LogP contribution >= 0.6 is 0 Å². The number of ether oxygens (including phenoxy) is 1. The molecular weight excluding hydrogens is 142 g/mol. The van der Waals surface area contributed by atoms with Gasteiger partial charge in [-0.25, -0.2) is 4.79 Å². The zero-order valence-corrected chi connectivity index (χ0v) is 6.72. The maximum atomic E-state index is 11.0. The molecule has 1 aliphatic heterocycles. The lowest BCUT2D eigenvalue weighted by molar-refractivity contribution is -0.139. The highest BCUT2D eigenvalue weighted by molar-refractivity contribution is 5.88. The zero-order valence-electron chi connectivity index (χ0n) is 6.72. The number of esters is 1. The van der Waals surface area contributed by atoms with Gasteiger partial charge in [0.2, 0.25) is 0 Å². The molecule has 0 aromatic heterocycles. The van der Waals surface area contributed by atoms with Crippen molar-refractivity contribution < 1.29 is 9.53 Å². The summed E-state index contributed by atoms with van der Waals surface area (Å²) >= 11 is 0. The lowest BCUT2D eigenvalue weighted by Crippen LogP contribution is -2.44. The molecule has 0 aliphatic carbocycles. The highest BCUT2D eigenvalue weighted by Crippen LogP contribution is 2.14. The second-order valence-electron chi connectivity index (χ2n) is 2.60. The normalized spacial score (nSPS) is 17.2. The fraction of sp³-hybridized carbons (Fsp3) is 0.625. The van der Waals surface area contributed by atoms with E-state index in [2.05, 4.69) is 11.9 Å². The van der Waals surface area contributed by atoms with Crippen LogP contribution in [0.1, 0.15) is 6.92 Å². The first-order valence-corrected chi connectivity index (χ1v) is 3.82. The minimum absolute atomic E-state index is 0.251. The summed E-state index contributed by atoms with van der Waals surface area (Å²) in [5.74, 6) is 0.0491. The predicted molar refractivity (Wildman–Crippen MR) is 42.1 cm³/mol. The molecule has 1 fully saturated rings. The molecule has 1 aliphatic rings. The Bertz CT molecular complexity index is 173. The lowest BCUT2D eigenvalue weighted by Gasteiger charge is -2.27. The fourth-order valence-corrected chi connectivity index (χ4v) is 0.926. The van der Waals surface area contributed by atoms with Crippen molar-refractivity contribution in [3.05, 3.63) is 12.2 Å². The van der Waals surface area contributed by atoms with Crippen molar-refractivity contribution in [2.45, 2.75) is 6.92 Å². The van der Waals surface area contributed by atoms with Crippen LogP contribution in [-0.2, 0) is 9.53 Å². The Kier molecular flexibility index (Phi) is 2.65. The summed E-state index contributed by atoms with van der Waals surface area (Å²) < 4.78 is 4.79. The summed E-state index contributed by atoms with van der Waals surface area (Å²) in [6.07, 6.45) is 0. The third-order valence-corrected chi connectivity index (χ3v) is 1.81. The van der Waals surface area contributed by atoms with Crippen molar-refractivity contribution in [2.24, 2.45) is 5.92 Å². The largest absolute Gasteiger partial charge is 0.463 e. The maximum Gasteiger partial charge on any atom is 0.333 e. The van der Waals surface area contributed by atoms with Crippen LogP contribution in [-0.4, -0.2) is 25.7 Å². The number of hydrogen-bond donors (Lipinski definition) is 1. The highest BCUT2D eigenvalue weighted by atomic mass is 16.5. The van der Waals surface area contributed by atoms with Gasteiger partial charge < -0.3 is 10.1 Å². The Labute approximate surface area is 66.4 Å². The van der Waals surface area contributed by atoms with Crippen LogP contribution in [0.2, 0.25) is 0 Å². The third kappa shape index (κ3) is 1.80. The SMILES string of the molecule is C=C(C(=O)OCC)C1CNC1. The molecule has 0 bridgehead atoms. The van der Waals surface area contributed by atoms with Gasteiger partial charge in [-0.05, 0) is 6.92 Å². The van der Waals surface area contributed by atoms with E-state index in [1.54, 1.807) is 6.92 Å². The molecule has 0 aromatic carbocycles. The molecule has 0 atom stereocenters. The van der Waals surface area contributed by atoms with Crippen LogP contribution < -0.4 is 5.32 Å². The predicted octanol–water partition coefficient (Wildman–Crippen LogP) is 0.325. The minimum atomic E-state index is -0.251. The van der Waals surface area contributed by atoms with Gasteiger partial charge >= 0.3 is 5.97 Å². The molecule has 62 valence electrons. The van der Waals surface area contributed by atoms with Crippen LogP contribution in [0.15, 0.2) is 12.2 Å². The first-order chi connectivity index (χ1) is 5.25. The average molecular weight is 155 g/mol. The molecule has 0 radical (unpaired) electrons. The van der Waals surface area contributed by atoms with E-state index in [1.807, 2.05) is 0 Å². The van der Waals surface area contributed by atoms with E-state index in [0.717, 1.165) is 13.1 Å². The Balaban J connectivity index is 2.33. The van der Waals surface area contributed by atoms with Gasteiger partial charge in [0.1, 0.15) is 0 Å². The van der Waals surface area contributed by atoms with Crippen LogP contribution in [0.4, 0.5) is 0 Å².